The van der Waals surface area contributed by atoms with E-state index in [9.17, 15) is 4.79 Å². The third-order valence-electron chi connectivity index (χ3n) is 5.72. The number of hydrazone groups is 1. The van der Waals surface area contributed by atoms with Gasteiger partial charge in [0.25, 0.3) is 5.91 Å². The van der Waals surface area contributed by atoms with Crippen molar-refractivity contribution in [2.75, 3.05) is 0 Å². The Labute approximate surface area is 175 Å². The summed E-state index contributed by atoms with van der Waals surface area (Å²) in [6.45, 7) is 0. The number of carbonyl (C=O) groups excluding carboxylic acids is 1. The Morgan fingerprint density at radius 2 is 1.76 bits per heavy atom. The Kier molecular flexibility index (Phi) is 4.86. The standard InChI is InChI=1S/C25H22N2OS/c28-25(22-15-8-16-29-22)27-24(19-11-5-2-6-12-19)21-14-7-13-20(23(21)26-27)17-18-9-3-1-4-10-18/h1-6,8-12,15-17,21,24H,7,13-14H2. The molecule has 2 atom stereocenters. The molecule has 2 heterocycles. The number of amides is 1. The lowest BCUT2D eigenvalue weighted by atomic mass is 9.77. The van der Waals surface area contributed by atoms with Crippen LogP contribution in [0.2, 0.25) is 0 Å². The first kappa shape index (κ1) is 18.1. The lowest BCUT2D eigenvalue weighted by Gasteiger charge is -2.29. The van der Waals surface area contributed by atoms with Gasteiger partial charge in [0.1, 0.15) is 0 Å². The van der Waals surface area contributed by atoms with Crippen LogP contribution in [-0.2, 0) is 0 Å². The van der Waals surface area contributed by atoms with Gasteiger partial charge in [0.05, 0.1) is 16.6 Å². The number of benzene rings is 2. The van der Waals surface area contributed by atoms with Crippen LogP contribution in [0.5, 0.6) is 0 Å². The topological polar surface area (TPSA) is 32.7 Å². The van der Waals surface area contributed by atoms with Crippen LogP contribution in [0.25, 0.3) is 6.08 Å². The van der Waals surface area contributed by atoms with Gasteiger partial charge in [-0.3, -0.25) is 4.79 Å². The molecule has 1 aromatic heterocycles. The van der Waals surface area contributed by atoms with E-state index in [1.165, 1.54) is 22.5 Å². The number of fused-ring (bicyclic) bond motifs is 1. The van der Waals surface area contributed by atoms with Gasteiger partial charge in [-0.2, -0.15) is 5.10 Å². The second kappa shape index (κ2) is 7.80. The lowest BCUT2D eigenvalue weighted by Crippen LogP contribution is -2.31. The smallest absolute Gasteiger partial charge is 0.266 e. The van der Waals surface area contributed by atoms with Gasteiger partial charge < -0.3 is 0 Å². The van der Waals surface area contributed by atoms with Gasteiger partial charge in [0, 0.05) is 5.92 Å². The molecule has 0 saturated heterocycles. The van der Waals surface area contributed by atoms with Gasteiger partial charge in [-0.15, -0.1) is 11.3 Å². The first-order valence-electron chi connectivity index (χ1n) is 10.1. The van der Waals surface area contributed by atoms with E-state index in [1.807, 2.05) is 41.8 Å². The predicted octanol–water partition coefficient (Wildman–Crippen LogP) is 6.18. The molecule has 0 radical (unpaired) electrons. The van der Waals surface area contributed by atoms with Crippen molar-refractivity contribution < 1.29 is 4.79 Å². The third-order valence-corrected chi connectivity index (χ3v) is 6.58. The van der Waals surface area contributed by atoms with Gasteiger partial charge in [-0.05, 0) is 53.5 Å². The molecule has 144 valence electrons. The quantitative estimate of drug-likeness (QED) is 0.518. The van der Waals surface area contributed by atoms with Crippen LogP contribution in [0.1, 0.15) is 46.1 Å². The van der Waals surface area contributed by atoms with Gasteiger partial charge >= 0.3 is 0 Å². The van der Waals surface area contributed by atoms with E-state index in [2.05, 4.69) is 42.5 Å². The molecule has 1 aliphatic heterocycles. The molecule has 2 aliphatic rings. The Hall–Kier alpha value is -2.98. The van der Waals surface area contributed by atoms with Crippen LogP contribution in [0.15, 0.2) is 88.9 Å². The number of allylic oxidation sites excluding steroid dienone is 1. The SMILES string of the molecule is O=C(c1cccs1)N1N=C2C(=Cc3ccccc3)CCCC2C1c1ccccc1. The average molecular weight is 399 g/mol. The number of carbonyl (C=O) groups is 1. The monoisotopic (exact) mass is 398 g/mol. The third kappa shape index (κ3) is 3.45. The Morgan fingerprint density at radius 3 is 2.48 bits per heavy atom. The van der Waals surface area contributed by atoms with Gasteiger partial charge in [0.15, 0.2) is 0 Å². The first-order valence-corrected chi connectivity index (χ1v) is 11.0. The Balaban J connectivity index is 1.58. The molecular formula is C25H22N2OS. The molecule has 0 N–H and O–H groups in total. The normalized spacial score (nSPS) is 22.4. The average Bonchev–Trinajstić information content (AvgIpc) is 3.43. The van der Waals surface area contributed by atoms with E-state index < -0.39 is 0 Å². The van der Waals surface area contributed by atoms with Crippen molar-refractivity contribution in [2.45, 2.75) is 25.3 Å². The highest BCUT2D eigenvalue weighted by atomic mass is 32.1. The van der Waals surface area contributed by atoms with Crippen molar-refractivity contribution in [3.05, 3.63) is 99.8 Å². The summed E-state index contributed by atoms with van der Waals surface area (Å²) in [6.07, 6.45) is 5.42. The lowest BCUT2D eigenvalue weighted by molar-refractivity contribution is 0.0686. The summed E-state index contributed by atoms with van der Waals surface area (Å²) < 4.78 is 0. The van der Waals surface area contributed by atoms with E-state index in [0.29, 0.717) is 0 Å². The molecule has 0 spiro atoms. The molecule has 2 unspecified atom stereocenters. The molecule has 4 heteroatoms. The largest absolute Gasteiger partial charge is 0.284 e. The van der Waals surface area contributed by atoms with Gasteiger partial charge in [-0.1, -0.05) is 66.7 Å². The van der Waals surface area contributed by atoms with Crippen molar-refractivity contribution in [1.82, 2.24) is 5.01 Å². The van der Waals surface area contributed by atoms with Crippen molar-refractivity contribution in [3.63, 3.8) is 0 Å². The number of hydrogen-bond acceptors (Lipinski definition) is 3. The summed E-state index contributed by atoms with van der Waals surface area (Å²) in [5, 5.41) is 8.63. The maximum absolute atomic E-state index is 13.3. The van der Waals surface area contributed by atoms with Crippen LogP contribution in [0, 0.1) is 5.92 Å². The van der Waals surface area contributed by atoms with E-state index in [-0.39, 0.29) is 17.9 Å². The van der Waals surface area contributed by atoms with E-state index in [0.717, 1.165) is 35.4 Å². The second-order valence-corrected chi connectivity index (χ2v) is 8.49. The van der Waals surface area contributed by atoms with Gasteiger partial charge in [0.2, 0.25) is 0 Å². The molecule has 2 aromatic carbocycles. The van der Waals surface area contributed by atoms with Gasteiger partial charge in [-0.25, -0.2) is 5.01 Å². The highest BCUT2D eigenvalue weighted by Gasteiger charge is 2.44. The molecule has 29 heavy (non-hydrogen) atoms. The fourth-order valence-corrected chi connectivity index (χ4v) is 5.07. The molecule has 0 bridgehead atoms. The summed E-state index contributed by atoms with van der Waals surface area (Å²) in [6, 6.07) is 24.5. The van der Waals surface area contributed by atoms with E-state index in [4.69, 9.17) is 5.10 Å². The minimum Gasteiger partial charge on any atom is -0.266 e. The summed E-state index contributed by atoms with van der Waals surface area (Å²) in [7, 11) is 0. The molecule has 3 nitrogen and oxygen atoms in total. The first-order chi connectivity index (χ1) is 14.3. The van der Waals surface area contributed by atoms with Crippen molar-refractivity contribution in [2.24, 2.45) is 11.0 Å². The van der Waals surface area contributed by atoms with Crippen LogP contribution in [0.4, 0.5) is 0 Å². The molecular weight excluding hydrogens is 376 g/mol. The van der Waals surface area contributed by atoms with Crippen LogP contribution in [-0.4, -0.2) is 16.6 Å². The molecule has 3 aromatic rings. The highest BCUT2D eigenvalue weighted by Crippen LogP contribution is 2.45. The molecule has 1 amide bonds. The summed E-state index contributed by atoms with van der Waals surface area (Å²) in [5.74, 6) is 0.236. The van der Waals surface area contributed by atoms with Crippen LogP contribution < -0.4 is 0 Å². The summed E-state index contributed by atoms with van der Waals surface area (Å²) in [4.78, 5) is 14.0. The van der Waals surface area contributed by atoms with Crippen molar-refractivity contribution in [3.8, 4) is 0 Å². The molecule has 5 rings (SSSR count). The zero-order valence-electron chi connectivity index (χ0n) is 16.1. The predicted molar refractivity (Wildman–Crippen MR) is 119 cm³/mol. The number of rotatable bonds is 3. The minimum absolute atomic E-state index is 0.00480. The minimum atomic E-state index is -0.0414. The second-order valence-electron chi connectivity index (χ2n) is 7.55. The molecule has 1 aliphatic carbocycles. The van der Waals surface area contributed by atoms with E-state index >= 15 is 0 Å². The Morgan fingerprint density at radius 1 is 1.00 bits per heavy atom. The highest BCUT2D eigenvalue weighted by molar-refractivity contribution is 7.12. The van der Waals surface area contributed by atoms with Crippen LogP contribution in [0.3, 0.4) is 0 Å². The number of thiophene rings is 1. The van der Waals surface area contributed by atoms with E-state index in [1.54, 1.807) is 5.01 Å². The van der Waals surface area contributed by atoms with Crippen molar-refractivity contribution in [1.29, 1.82) is 0 Å². The zero-order valence-corrected chi connectivity index (χ0v) is 16.9. The fraction of sp³-hybridized carbons (Fsp3) is 0.200. The summed E-state index contributed by atoms with van der Waals surface area (Å²) >= 11 is 1.48. The maximum atomic E-state index is 13.3. The fourth-order valence-electron chi connectivity index (χ4n) is 4.42. The summed E-state index contributed by atoms with van der Waals surface area (Å²) in [5.41, 5.74) is 4.68. The van der Waals surface area contributed by atoms with Crippen molar-refractivity contribution >= 4 is 29.0 Å². The van der Waals surface area contributed by atoms with Crippen LogP contribution >= 0.6 is 11.3 Å². The molecule has 1 saturated carbocycles. The zero-order chi connectivity index (χ0) is 19.6. The number of hydrogen-bond donors (Lipinski definition) is 0. The number of nitrogens with zero attached hydrogens (tertiary/aromatic N) is 2. The molecule has 1 fully saturated rings. The Bertz CT molecular complexity index is 1050. The maximum Gasteiger partial charge on any atom is 0.284 e.